The molecule has 0 aromatic heterocycles. The second kappa shape index (κ2) is 21.3. The number of rotatable bonds is 20. The van der Waals surface area contributed by atoms with Gasteiger partial charge in [0, 0.05) is 6.54 Å². The fraction of sp³-hybridized carbons (Fsp3) is 0.885. The number of allylic oxidation sites excluding steroid dienone is 1. The summed E-state index contributed by atoms with van der Waals surface area (Å²) in [6.45, 7) is 9.16. The summed E-state index contributed by atoms with van der Waals surface area (Å²) >= 11 is 0. The Kier molecular flexibility index (Phi) is 20.7. The van der Waals surface area contributed by atoms with Crippen LogP contribution >= 0.6 is 0 Å². The Balaban J connectivity index is 0.00000190. The summed E-state index contributed by atoms with van der Waals surface area (Å²) in [6.07, 6.45) is 21.3. The Morgan fingerprint density at radius 2 is 1.56 bits per heavy atom. The Labute approximate surface area is 210 Å². The van der Waals surface area contributed by atoms with Crippen LogP contribution in [-0.2, 0) is 18.8 Å². The normalized spacial score (nSPS) is 16.1. The van der Waals surface area contributed by atoms with Gasteiger partial charge < -0.3 is 10.4 Å². The average molecular weight is 505 g/mol. The van der Waals surface area contributed by atoms with E-state index in [9.17, 15) is 13.5 Å². The van der Waals surface area contributed by atoms with E-state index in [-0.39, 0.29) is 6.61 Å². The molecule has 2 N–H and O–H groups in total. The van der Waals surface area contributed by atoms with Crippen molar-refractivity contribution in [1.82, 2.24) is 5.32 Å². The van der Waals surface area contributed by atoms with Gasteiger partial charge in [0.2, 0.25) is 0 Å². The molecule has 0 bridgehead atoms. The first-order valence-corrected chi connectivity index (χ1v) is 14.8. The molecular weight excluding hydrogens is 452 g/mol. The predicted molar refractivity (Wildman–Crippen MR) is 143 cm³/mol. The summed E-state index contributed by atoms with van der Waals surface area (Å²) in [5.41, 5.74) is -1.27. The molecule has 0 saturated heterocycles. The van der Waals surface area contributed by atoms with Gasteiger partial charge in [-0.1, -0.05) is 96.6 Å². The summed E-state index contributed by atoms with van der Waals surface area (Å²) in [5.74, 6) is 0. The molecule has 8 heteroatoms. The monoisotopic (exact) mass is 504 g/mol. The van der Waals surface area contributed by atoms with Crippen LogP contribution in [0.3, 0.4) is 0 Å². The van der Waals surface area contributed by atoms with Crippen LogP contribution in [0, 0.1) is 0 Å². The Morgan fingerprint density at radius 1 is 1.00 bits per heavy atom. The highest BCUT2D eigenvalue weighted by atomic mass is 32.3. The van der Waals surface area contributed by atoms with E-state index < -0.39 is 22.1 Å². The van der Waals surface area contributed by atoms with Crippen molar-refractivity contribution >= 4 is 16.7 Å². The minimum absolute atomic E-state index is 0.00447. The molecule has 0 aliphatic carbocycles. The van der Waals surface area contributed by atoms with E-state index >= 15 is 0 Å². The molecule has 7 nitrogen and oxygen atoms in total. The third-order valence-electron chi connectivity index (χ3n) is 5.97. The number of hydrogen-bond donors (Lipinski definition) is 2. The van der Waals surface area contributed by atoms with Crippen molar-refractivity contribution in [2.75, 3.05) is 19.7 Å². The number of nitrogens with one attached hydrogen (secondary N) is 1. The highest BCUT2D eigenvalue weighted by Gasteiger charge is 2.37. The van der Waals surface area contributed by atoms with Crippen molar-refractivity contribution in [3.63, 3.8) is 0 Å². The first-order chi connectivity index (χ1) is 16.3. The van der Waals surface area contributed by atoms with Crippen molar-refractivity contribution < 1.29 is 21.9 Å². The molecule has 0 aromatic rings. The lowest BCUT2D eigenvalue weighted by Crippen LogP contribution is -2.43. The maximum atomic E-state index is 11.9. The second-order valence-electron chi connectivity index (χ2n) is 8.95. The van der Waals surface area contributed by atoms with Gasteiger partial charge in [-0.3, -0.25) is 4.99 Å². The number of aliphatic hydroxyl groups excluding tert-OH is 1. The zero-order valence-electron chi connectivity index (χ0n) is 22.3. The zero-order chi connectivity index (χ0) is 25.5. The highest BCUT2D eigenvalue weighted by molar-refractivity contribution is 7.81. The number of hydrogen-bond acceptors (Lipinski definition) is 7. The minimum Gasteiger partial charge on any atom is -0.390 e. The van der Waals surface area contributed by atoms with E-state index in [2.05, 4.69) is 21.4 Å². The van der Waals surface area contributed by atoms with E-state index in [1.807, 2.05) is 6.08 Å². The highest BCUT2D eigenvalue weighted by Crippen LogP contribution is 2.26. The van der Waals surface area contributed by atoms with Gasteiger partial charge in [-0.2, -0.15) is 8.42 Å². The van der Waals surface area contributed by atoms with Crippen LogP contribution in [0.1, 0.15) is 118 Å². The molecule has 1 rings (SSSR count). The van der Waals surface area contributed by atoms with Crippen LogP contribution in [0.15, 0.2) is 17.1 Å². The molecule has 0 radical (unpaired) electrons. The Bertz CT molecular complexity index is 617. The van der Waals surface area contributed by atoms with Crippen molar-refractivity contribution in [1.29, 1.82) is 0 Å². The molecule has 2 unspecified atom stereocenters. The molecule has 34 heavy (non-hydrogen) atoms. The van der Waals surface area contributed by atoms with Gasteiger partial charge in [-0.25, -0.2) is 8.37 Å². The quantitative estimate of drug-likeness (QED) is 0.154. The van der Waals surface area contributed by atoms with Crippen LogP contribution < -0.4 is 5.32 Å². The summed E-state index contributed by atoms with van der Waals surface area (Å²) in [7, 11) is -4.13. The van der Waals surface area contributed by atoms with Gasteiger partial charge in [-0.15, -0.1) is 0 Å². The molecular formula is C26H52N2O5S. The molecule has 0 amide bonds. The van der Waals surface area contributed by atoms with Crippen molar-refractivity contribution in [3.8, 4) is 0 Å². The van der Waals surface area contributed by atoms with Gasteiger partial charge in [0.25, 0.3) is 0 Å². The standard InChI is InChI=1S/C23H46O5S.C3H6N2/c1-5-8-9-10-11-12-13-14-15-16-17-18-19-20-21-23(6-2,22(4)24)28-29(25,26)27-7-3;1-2-5-3-4-1/h20-22,24H,5-19H2,1-4H3;3H,1-2H2,(H,4,5)/b21-20+;. The van der Waals surface area contributed by atoms with Gasteiger partial charge in [0.15, 0.2) is 0 Å². The molecule has 2 atom stereocenters. The minimum atomic E-state index is -4.13. The van der Waals surface area contributed by atoms with E-state index in [1.165, 1.54) is 70.6 Å². The average Bonchev–Trinajstić information content (AvgIpc) is 3.38. The SMILES string of the molecule is C1=NCCN1.CCCCCCCCCCCCCC/C=C/C(CC)(OS(=O)(=O)OCC)C(C)O. The lowest BCUT2D eigenvalue weighted by atomic mass is 9.93. The lowest BCUT2D eigenvalue weighted by molar-refractivity contribution is -0.0177. The van der Waals surface area contributed by atoms with Crippen molar-refractivity contribution in [2.45, 2.75) is 129 Å². The van der Waals surface area contributed by atoms with E-state index in [4.69, 9.17) is 4.18 Å². The van der Waals surface area contributed by atoms with Gasteiger partial charge in [-0.05, 0) is 33.1 Å². The fourth-order valence-corrected chi connectivity index (χ4v) is 4.81. The largest absolute Gasteiger partial charge is 0.400 e. The van der Waals surface area contributed by atoms with Crippen LogP contribution in [0.5, 0.6) is 0 Å². The maximum Gasteiger partial charge on any atom is 0.400 e. The molecule has 0 saturated carbocycles. The first kappa shape index (κ1) is 33.0. The number of nitrogens with zero attached hydrogens (tertiary/aromatic N) is 1. The molecule has 1 aliphatic rings. The molecule has 202 valence electrons. The third kappa shape index (κ3) is 17.5. The van der Waals surface area contributed by atoms with Crippen LogP contribution in [0.2, 0.25) is 0 Å². The van der Waals surface area contributed by atoms with E-state index in [1.54, 1.807) is 33.2 Å². The Hall–Kier alpha value is -0.960. The van der Waals surface area contributed by atoms with E-state index in [0.29, 0.717) is 6.42 Å². The summed E-state index contributed by atoms with van der Waals surface area (Å²) in [5, 5.41) is 13.0. The van der Waals surface area contributed by atoms with Crippen LogP contribution in [0.25, 0.3) is 0 Å². The smallest absolute Gasteiger partial charge is 0.390 e. The number of aliphatic hydroxyl groups is 1. The third-order valence-corrected chi connectivity index (χ3v) is 7.01. The molecule has 0 spiro atoms. The number of unbranched alkanes of at least 4 members (excludes halogenated alkanes) is 12. The van der Waals surface area contributed by atoms with Crippen LogP contribution in [-0.4, -0.2) is 51.3 Å². The van der Waals surface area contributed by atoms with Crippen LogP contribution in [0.4, 0.5) is 0 Å². The van der Waals surface area contributed by atoms with Gasteiger partial charge >= 0.3 is 10.4 Å². The predicted octanol–water partition coefficient (Wildman–Crippen LogP) is 6.08. The van der Waals surface area contributed by atoms with Crippen molar-refractivity contribution in [3.05, 3.63) is 12.2 Å². The van der Waals surface area contributed by atoms with Gasteiger partial charge in [0.1, 0.15) is 5.60 Å². The Morgan fingerprint density at radius 3 is 1.94 bits per heavy atom. The summed E-state index contributed by atoms with van der Waals surface area (Å²) in [6, 6.07) is 0. The van der Waals surface area contributed by atoms with E-state index in [0.717, 1.165) is 25.9 Å². The lowest BCUT2D eigenvalue weighted by Gasteiger charge is -2.31. The molecule has 0 fully saturated rings. The number of aliphatic imine (C=N–C) groups is 1. The second-order valence-corrected chi connectivity index (χ2v) is 10.2. The topological polar surface area (TPSA) is 97.2 Å². The summed E-state index contributed by atoms with van der Waals surface area (Å²) < 4.78 is 33.6. The molecule has 1 aliphatic heterocycles. The maximum absolute atomic E-state index is 11.9. The zero-order valence-corrected chi connectivity index (χ0v) is 23.1. The summed E-state index contributed by atoms with van der Waals surface area (Å²) in [4.78, 5) is 3.85. The fourth-order valence-electron chi connectivity index (χ4n) is 3.78. The first-order valence-electron chi connectivity index (χ1n) is 13.5. The molecule has 1 heterocycles. The van der Waals surface area contributed by atoms with Crippen molar-refractivity contribution in [2.24, 2.45) is 4.99 Å². The molecule has 0 aromatic carbocycles. The van der Waals surface area contributed by atoms with Gasteiger partial charge in [0.05, 0.1) is 25.6 Å².